The molecule has 1 N–H and O–H groups in total. The lowest BCUT2D eigenvalue weighted by Gasteiger charge is -2.13. The van der Waals surface area contributed by atoms with Gasteiger partial charge in [-0.25, -0.2) is 0 Å². The van der Waals surface area contributed by atoms with Gasteiger partial charge < -0.3 is 9.88 Å². The smallest absolute Gasteiger partial charge is 0.261 e. The maximum Gasteiger partial charge on any atom is 0.261 e. The third-order valence-corrected chi connectivity index (χ3v) is 5.24. The Kier molecular flexibility index (Phi) is 5.43. The molecule has 0 fully saturated rings. The Morgan fingerprint density at radius 2 is 1.69 bits per heavy atom. The first kappa shape index (κ1) is 18.9. The molecule has 29 heavy (non-hydrogen) atoms. The Hall–Kier alpha value is -3.40. The van der Waals surface area contributed by atoms with Gasteiger partial charge in [-0.05, 0) is 41.5 Å². The topological polar surface area (TPSA) is 51.1 Å². The van der Waals surface area contributed by atoms with Crippen molar-refractivity contribution in [1.82, 2.24) is 4.57 Å². The van der Waals surface area contributed by atoms with Gasteiger partial charge in [0.1, 0.15) is 5.56 Å². The van der Waals surface area contributed by atoms with E-state index in [1.807, 2.05) is 65.2 Å². The van der Waals surface area contributed by atoms with Gasteiger partial charge >= 0.3 is 0 Å². The van der Waals surface area contributed by atoms with Crippen molar-refractivity contribution in [2.75, 3.05) is 5.32 Å². The fourth-order valence-electron chi connectivity index (χ4n) is 3.69. The predicted octanol–water partition coefficient (Wildman–Crippen LogP) is 5.60. The normalized spacial score (nSPS) is 11.1. The van der Waals surface area contributed by atoms with Crippen molar-refractivity contribution in [3.05, 3.63) is 88.7 Å². The number of nitrogens with one attached hydrogen (secondary N) is 1. The van der Waals surface area contributed by atoms with Gasteiger partial charge in [0.05, 0.1) is 5.52 Å². The van der Waals surface area contributed by atoms with Crippen LogP contribution in [0.1, 0.15) is 36.5 Å². The predicted molar refractivity (Wildman–Crippen MR) is 120 cm³/mol. The number of para-hydroxylation sites is 1. The molecule has 0 atom stereocenters. The lowest BCUT2D eigenvalue weighted by atomic mass is 10.1. The zero-order valence-electron chi connectivity index (χ0n) is 16.5. The van der Waals surface area contributed by atoms with Crippen molar-refractivity contribution < 1.29 is 4.79 Å². The summed E-state index contributed by atoms with van der Waals surface area (Å²) in [7, 11) is 0. The lowest BCUT2D eigenvalue weighted by molar-refractivity contribution is 0.102. The van der Waals surface area contributed by atoms with Gasteiger partial charge in [0, 0.05) is 23.8 Å². The number of anilines is 1. The number of aromatic nitrogens is 1. The third kappa shape index (κ3) is 3.92. The van der Waals surface area contributed by atoms with E-state index in [1.165, 1.54) is 0 Å². The maximum absolute atomic E-state index is 13.0. The van der Waals surface area contributed by atoms with Gasteiger partial charge in [-0.1, -0.05) is 62.2 Å². The number of amides is 1. The molecule has 0 aliphatic carbocycles. The van der Waals surface area contributed by atoms with Gasteiger partial charge in [-0.2, -0.15) is 0 Å². The number of carbonyl (C=O) groups excluding carboxylic acids is 1. The van der Waals surface area contributed by atoms with Crippen LogP contribution in [0.25, 0.3) is 21.7 Å². The van der Waals surface area contributed by atoms with Crippen LogP contribution in [0.15, 0.2) is 77.7 Å². The number of aryl methyl sites for hydroxylation is 1. The maximum atomic E-state index is 13.0. The highest BCUT2D eigenvalue weighted by Crippen LogP contribution is 2.20. The monoisotopic (exact) mass is 384 g/mol. The molecule has 0 bridgehead atoms. The van der Waals surface area contributed by atoms with E-state index in [-0.39, 0.29) is 16.9 Å². The summed E-state index contributed by atoms with van der Waals surface area (Å²) in [5.74, 6) is -0.375. The first-order valence-electron chi connectivity index (χ1n) is 10.1. The van der Waals surface area contributed by atoms with Crippen LogP contribution in [-0.4, -0.2) is 10.5 Å². The number of fused-ring (bicyclic) bond motifs is 2. The van der Waals surface area contributed by atoms with Crippen LogP contribution in [0.2, 0.25) is 0 Å². The molecule has 0 spiro atoms. The Morgan fingerprint density at radius 3 is 2.52 bits per heavy atom. The average Bonchev–Trinajstić information content (AvgIpc) is 2.75. The number of pyridine rings is 1. The van der Waals surface area contributed by atoms with Crippen molar-refractivity contribution in [2.45, 2.75) is 32.7 Å². The quantitative estimate of drug-likeness (QED) is 0.440. The third-order valence-electron chi connectivity index (χ3n) is 5.24. The summed E-state index contributed by atoms with van der Waals surface area (Å²) in [6.07, 6.45) is 4.94. The van der Waals surface area contributed by atoms with Crippen LogP contribution in [0.5, 0.6) is 0 Å². The number of carbonyl (C=O) groups is 1. The first-order valence-corrected chi connectivity index (χ1v) is 10.1. The summed E-state index contributed by atoms with van der Waals surface area (Å²) in [4.78, 5) is 26.0. The van der Waals surface area contributed by atoms with Crippen LogP contribution in [0, 0.1) is 0 Å². The highest BCUT2D eigenvalue weighted by atomic mass is 16.2. The van der Waals surface area contributed by atoms with Gasteiger partial charge in [-0.3, -0.25) is 9.59 Å². The van der Waals surface area contributed by atoms with Crippen molar-refractivity contribution >= 4 is 33.3 Å². The van der Waals surface area contributed by atoms with Crippen molar-refractivity contribution in [2.24, 2.45) is 0 Å². The number of hydrogen-bond acceptors (Lipinski definition) is 2. The number of nitrogens with zero attached hydrogens (tertiary/aromatic N) is 1. The van der Waals surface area contributed by atoms with Gasteiger partial charge in [-0.15, -0.1) is 0 Å². The van der Waals surface area contributed by atoms with Crippen LogP contribution in [0.4, 0.5) is 5.69 Å². The molecule has 1 heterocycles. The summed E-state index contributed by atoms with van der Waals surface area (Å²) in [5.41, 5.74) is 1.49. The summed E-state index contributed by atoms with van der Waals surface area (Å²) in [5, 5.41) is 5.63. The molecule has 0 radical (unpaired) electrons. The zero-order chi connectivity index (χ0) is 20.2. The van der Waals surface area contributed by atoms with E-state index in [2.05, 4.69) is 12.2 Å². The van der Waals surface area contributed by atoms with Crippen LogP contribution in [0.3, 0.4) is 0 Å². The number of benzene rings is 3. The molecule has 0 aliphatic heterocycles. The average molecular weight is 384 g/mol. The summed E-state index contributed by atoms with van der Waals surface area (Å²) < 4.78 is 2.03. The van der Waals surface area contributed by atoms with Crippen molar-refractivity contribution in [1.29, 1.82) is 0 Å². The number of unbranched alkanes of at least 4 members (excludes halogenated alkanes) is 2. The Balaban J connectivity index is 1.70. The van der Waals surface area contributed by atoms with Crippen LogP contribution < -0.4 is 10.7 Å². The molecule has 0 aliphatic rings. The fraction of sp³-hybridized carbons (Fsp3) is 0.200. The van der Waals surface area contributed by atoms with E-state index < -0.39 is 0 Å². The van der Waals surface area contributed by atoms with Crippen LogP contribution in [-0.2, 0) is 6.54 Å². The molecular formula is C25H24N2O2. The Bertz CT molecular complexity index is 1240. The SMILES string of the molecule is CCCCCn1cc(C(=O)Nc2ccc3ccccc3c2)c(=O)c2ccccc21. The minimum atomic E-state index is -0.375. The van der Waals surface area contributed by atoms with E-state index in [9.17, 15) is 9.59 Å². The standard InChI is InChI=1S/C25H24N2O2/c1-2-3-8-15-27-17-22(24(28)21-11-6-7-12-23(21)27)25(29)26-20-14-13-18-9-4-5-10-19(18)16-20/h4-7,9-14,16-17H,2-3,8,15H2,1H3,(H,26,29). The first-order chi connectivity index (χ1) is 14.2. The Morgan fingerprint density at radius 1 is 0.931 bits per heavy atom. The van der Waals surface area contributed by atoms with E-state index >= 15 is 0 Å². The van der Waals surface area contributed by atoms with Crippen molar-refractivity contribution in [3.8, 4) is 0 Å². The second-order valence-corrected chi connectivity index (χ2v) is 7.31. The summed E-state index contributed by atoms with van der Waals surface area (Å²) in [6, 6.07) is 21.2. The molecule has 146 valence electrons. The lowest BCUT2D eigenvalue weighted by Crippen LogP contribution is -2.24. The van der Waals surface area contributed by atoms with Crippen LogP contribution >= 0.6 is 0 Å². The van der Waals surface area contributed by atoms with E-state index in [4.69, 9.17) is 0 Å². The zero-order valence-corrected chi connectivity index (χ0v) is 16.5. The minimum absolute atomic E-state index is 0.174. The largest absolute Gasteiger partial charge is 0.346 e. The van der Waals surface area contributed by atoms with Gasteiger partial charge in [0.15, 0.2) is 0 Å². The molecule has 4 rings (SSSR count). The molecule has 0 saturated heterocycles. The molecule has 4 heteroatoms. The Labute approximate surface area is 169 Å². The number of rotatable bonds is 6. The molecular weight excluding hydrogens is 360 g/mol. The number of hydrogen-bond donors (Lipinski definition) is 1. The van der Waals surface area contributed by atoms with Gasteiger partial charge in [0.2, 0.25) is 5.43 Å². The summed E-state index contributed by atoms with van der Waals surface area (Å²) >= 11 is 0. The molecule has 0 saturated carbocycles. The minimum Gasteiger partial charge on any atom is -0.346 e. The fourth-order valence-corrected chi connectivity index (χ4v) is 3.69. The molecule has 4 nitrogen and oxygen atoms in total. The van der Waals surface area contributed by atoms with Gasteiger partial charge in [0.25, 0.3) is 5.91 Å². The second kappa shape index (κ2) is 8.31. The molecule has 1 amide bonds. The summed E-state index contributed by atoms with van der Waals surface area (Å²) in [6.45, 7) is 2.94. The van der Waals surface area contributed by atoms with E-state index in [0.717, 1.165) is 42.1 Å². The second-order valence-electron chi connectivity index (χ2n) is 7.31. The molecule has 1 aromatic heterocycles. The van der Waals surface area contributed by atoms with E-state index in [1.54, 1.807) is 12.3 Å². The highest BCUT2D eigenvalue weighted by Gasteiger charge is 2.15. The highest BCUT2D eigenvalue weighted by molar-refractivity contribution is 6.06. The molecule has 0 unspecified atom stereocenters. The van der Waals surface area contributed by atoms with Crippen molar-refractivity contribution in [3.63, 3.8) is 0 Å². The molecule has 4 aromatic rings. The van der Waals surface area contributed by atoms with E-state index in [0.29, 0.717) is 11.1 Å². The molecule has 3 aromatic carbocycles.